The topological polar surface area (TPSA) is 65.1 Å². The lowest BCUT2D eigenvalue weighted by Gasteiger charge is -2.16. The lowest BCUT2D eigenvalue weighted by Crippen LogP contribution is -2.25. The summed E-state index contributed by atoms with van der Waals surface area (Å²) in [4.78, 5) is 5.91. The van der Waals surface area contributed by atoms with E-state index in [9.17, 15) is 5.21 Å². The molecule has 1 aliphatic rings. The van der Waals surface area contributed by atoms with Gasteiger partial charge in [-0.25, -0.2) is 4.98 Å². The molecular formula is C8H12N4O. The van der Waals surface area contributed by atoms with Crippen molar-refractivity contribution in [2.24, 2.45) is 0 Å². The fourth-order valence-corrected chi connectivity index (χ4v) is 1.54. The summed E-state index contributed by atoms with van der Waals surface area (Å²) in [5.41, 5.74) is 0.749. The van der Waals surface area contributed by atoms with Crippen molar-refractivity contribution in [3.8, 4) is 0 Å². The zero-order valence-electron chi connectivity index (χ0n) is 7.27. The minimum absolute atomic E-state index is 0.136. The van der Waals surface area contributed by atoms with Crippen molar-refractivity contribution >= 4 is 5.69 Å². The van der Waals surface area contributed by atoms with Crippen LogP contribution in [-0.2, 0) is 0 Å². The van der Waals surface area contributed by atoms with E-state index in [0.717, 1.165) is 23.5 Å². The van der Waals surface area contributed by atoms with Gasteiger partial charge in [-0.1, -0.05) is 0 Å². The van der Waals surface area contributed by atoms with Crippen LogP contribution in [0, 0.1) is 5.41 Å². The number of hydrogen-bond donors (Lipinski definition) is 2. The highest BCUT2D eigenvalue weighted by Crippen LogP contribution is 2.16. The lowest BCUT2D eigenvalue weighted by molar-refractivity contribution is 0.165. The lowest BCUT2D eigenvalue weighted by atomic mass is 10.4. The van der Waals surface area contributed by atoms with Crippen molar-refractivity contribution in [1.82, 2.24) is 9.71 Å². The van der Waals surface area contributed by atoms with E-state index in [4.69, 9.17) is 5.41 Å². The largest absolute Gasteiger partial charge is 0.425 e. The molecule has 1 saturated heterocycles. The van der Waals surface area contributed by atoms with E-state index in [1.165, 1.54) is 19.0 Å². The molecule has 0 bridgehead atoms. The van der Waals surface area contributed by atoms with Gasteiger partial charge in [-0.05, 0) is 12.8 Å². The molecule has 0 amide bonds. The second kappa shape index (κ2) is 3.08. The van der Waals surface area contributed by atoms with E-state index in [1.54, 1.807) is 6.20 Å². The number of hydrogen-bond acceptors (Lipinski definition) is 4. The number of rotatable bonds is 1. The van der Waals surface area contributed by atoms with Crippen LogP contribution in [0.3, 0.4) is 0 Å². The molecule has 1 aromatic heterocycles. The summed E-state index contributed by atoms with van der Waals surface area (Å²) >= 11 is 0. The minimum Gasteiger partial charge on any atom is -0.425 e. The average molecular weight is 180 g/mol. The van der Waals surface area contributed by atoms with Gasteiger partial charge in [0.2, 0.25) is 0 Å². The van der Waals surface area contributed by atoms with Crippen LogP contribution in [-0.4, -0.2) is 28.0 Å². The molecule has 13 heavy (non-hydrogen) atoms. The van der Waals surface area contributed by atoms with Crippen LogP contribution < -0.4 is 10.5 Å². The first kappa shape index (κ1) is 8.10. The summed E-state index contributed by atoms with van der Waals surface area (Å²) < 4.78 is 0.744. The molecule has 0 radical (unpaired) electrons. The Kier molecular flexibility index (Phi) is 1.92. The smallest absolute Gasteiger partial charge is 0.255 e. The number of aromatic nitrogens is 2. The highest BCUT2D eigenvalue weighted by Gasteiger charge is 2.12. The van der Waals surface area contributed by atoms with E-state index in [1.807, 2.05) is 0 Å². The second-order valence-electron chi connectivity index (χ2n) is 3.17. The maximum absolute atomic E-state index is 9.20. The van der Waals surface area contributed by atoms with Crippen LogP contribution in [0.1, 0.15) is 12.8 Å². The summed E-state index contributed by atoms with van der Waals surface area (Å²) in [5, 5.41) is 16.4. The summed E-state index contributed by atoms with van der Waals surface area (Å²) in [6.45, 7) is 2.03. The Hall–Kier alpha value is -1.52. The third kappa shape index (κ3) is 1.49. The zero-order chi connectivity index (χ0) is 9.26. The summed E-state index contributed by atoms with van der Waals surface area (Å²) in [7, 11) is 0. The summed E-state index contributed by atoms with van der Waals surface area (Å²) in [5.74, 6) is 0. The molecule has 2 N–H and O–H groups in total. The molecule has 5 nitrogen and oxygen atoms in total. The van der Waals surface area contributed by atoms with Gasteiger partial charge in [0.1, 0.15) is 0 Å². The van der Waals surface area contributed by atoms with E-state index in [2.05, 4.69) is 9.88 Å². The second-order valence-corrected chi connectivity index (χ2v) is 3.17. The van der Waals surface area contributed by atoms with Gasteiger partial charge in [-0.3, -0.25) is 5.41 Å². The monoisotopic (exact) mass is 180 g/mol. The molecule has 1 fully saturated rings. The van der Waals surface area contributed by atoms with Gasteiger partial charge < -0.3 is 10.1 Å². The molecule has 0 aliphatic carbocycles. The molecular weight excluding hydrogens is 168 g/mol. The predicted molar refractivity (Wildman–Crippen MR) is 46.7 cm³/mol. The molecule has 0 atom stereocenters. The van der Waals surface area contributed by atoms with Gasteiger partial charge in [0.05, 0.1) is 18.1 Å². The highest BCUT2D eigenvalue weighted by atomic mass is 16.5. The highest BCUT2D eigenvalue weighted by molar-refractivity contribution is 5.42. The molecule has 0 spiro atoms. The standard InChI is InChI=1S/C8H12N4O/c9-8-10-5-7(6-12(8)13)11-3-1-2-4-11/h5-6,9,13H,1-4H2. The number of nitrogens with one attached hydrogen (secondary N) is 1. The molecule has 1 aromatic rings. The van der Waals surface area contributed by atoms with Gasteiger partial charge in [-0.2, -0.15) is 4.73 Å². The molecule has 0 unspecified atom stereocenters. The van der Waals surface area contributed by atoms with Crippen LogP contribution in [0.25, 0.3) is 0 Å². The normalized spacial score (nSPS) is 16.5. The van der Waals surface area contributed by atoms with E-state index in [-0.39, 0.29) is 5.62 Å². The van der Waals surface area contributed by atoms with Gasteiger partial charge >= 0.3 is 0 Å². The van der Waals surface area contributed by atoms with Crippen LogP contribution >= 0.6 is 0 Å². The number of nitrogens with zero attached hydrogens (tertiary/aromatic N) is 3. The fraction of sp³-hybridized carbons (Fsp3) is 0.500. The average Bonchev–Trinajstić information content (AvgIpc) is 2.62. The van der Waals surface area contributed by atoms with Crippen molar-refractivity contribution in [1.29, 1.82) is 5.41 Å². The third-order valence-corrected chi connectivity index (χ3v) is 2.26. The molecule has 1 aliphatic heterocycles. The van der Waals surface area contributed by atoms with Gasteiger partial charge in [0.15, 0.2) is 0 Å². The Morgan fingerprint density at radius 2 is 2.08 bits per heavy atom. The third-order valence-electron chi connectivity index (χ3n) is 2.26. The van der Waals surface area contributed by atoms with Crippen molar-refractivity contribution < 1.29 is 5.21 Å². The maximum Gasteiger partial charge on any atom is 0.255 e. The molecule has 2 heterocycles. The Labute approximate surface area is 75.7 Å². The Morgan fingerprint density at radius 3 is 2.69 bits per heavy atom. The first-order valence-electron chi connectivity index (χ1n) is 4.35. The minimum atomic E-state index is -0.136. The van der Waals surface area contributed by atoms with Gasteiger partial charge in [-0.15, -0.1) is 0 Å². The van der Waals surface area contributed by atoms with Gasteiger partial charge in [0.25, 0.3) is 5.62 Å². The van der Waals surface area contributed by atoms with E-state index >= 15 is 0 Å². The first-order chi connectivity index (χ1) is 6.27. The van der Waals surface area contributed by atoms with Crippen molar-refractivity contribution in [3.05, 3.63) is 18.0 Å². The van der Waals surface area contributed by atoms with Crippen molar-refractivity contribution in [2.75, 3.05) is 18.0 Å². The Bertz CT molecular complexity index is 353. The molecule has 0 saturated carbocycles. The first-order valence-corrected chi connectivity index (χ1v) is 4.35. The summed E-state index contributed by atoms with van der Waals surface area (Å²) in [6, 6.07) is 0. The van der Waals surface area contributed by atoms with Crippen LogP contribution in [0.2, 0.25) is 0 Å². The molecule has 2 rings (SSSR count). The predicted octanol–water partition coefficient (Wildman–Crippen LogP) is 0.200. The quantitative estimate of drug-likeness (QED) is 0.607. The van der Waals surface area contributed by atoms with Crippen LogP contribution in [0.15, 0.2) is 12.4 Å². The van der Waals surface area contributed by atoms with Crippen molar-refractivity contribution in [2.45, 2.75) is 12.8 Å². The molecule has 5 heteroatoms. The summed E-state index contributed by atoms with van der Waals surface area (Å²) in [6.07, 6.45) is 5.53. The Morgan fingerprint density at radius 1 is 1.38 bits per heavy atom. The Balaban J connectivity index is 2.30. The zero-order valence-corrected chi connectivity index (χ0v) is 7.27. The van der Waals surface area contributed by atoms with Gasteiger partial charge in [0, 0.05) is 13.1 Å². The SMILES string of the molecule is N=c1ncc(N2CCCC2)cn1O. The van der Waals surface area contributed by atoms with Crippen LogP contribution in [0.5, 0.6) is 0 Å². The molecule has 70 valence electrons. The number of anilines is 1. The maximum atomic E-state index is 9.20. The van der Waals surface area contributed by atoms with E-state index < -0.39 is 0 Å². The fourth-order valence-electron chi connectivity index (χ4n) is 1.54. The van der Waals surface area contributed by atoms with Crippen LogP contribution in [0.4, 0.5) is 5.69 Å². The van der Waals surface area contributed by atoms with Crippen molar-refractivity contribution in [3.63, 3.8) is 0 Å². The molecule has 0 aromatic carbocycles. The van der Waals surface area contributed by atoms with E-state index in [0.29, 0.717) is 0 Å².